The first kappa shape index (κ1) is 18.4. The maximum Gasteiger partial charge on any atom is 0.203 e. The van der Waals surface area contributed by atoms with Gasteiger partial charge in [0.15, 0.2) is 0 Å². The van der Waals surface area contributed by atoms with Crippen LogP contribution in [0.3, 0.4) is 0 Å². The maximum atomic E-state index is 6.28. The Balaban J connectivity index is 1.62. The summed E-state index contributed by atoms with van der Waals surface area (Å²) in [6.07, 6.45) is 2.78. The van der Waals surface area contributed by atoms with Crippen LogP contribution in [-0.2, 0) is 0 Å². The number of ether oxygens (including phenoxy) is 1. The molecule has 3 rings (SSSR count). The van der Waals surface area contributed by atoms with Crippen LogP contribution in [0.4, 0.5) is 5.13 Å². The molecule has 4 nitrogen and oxygen atoms in total. The zero-order valence-corrected chi connectivity index (χ0v) is 16.2. The summed E-state index contributed by atoms with van der Waals surface area (Å²) in [6, 6.07) is 15.7. The van der Waals surface area contributed by atoms with Gasteiger partial charge in [0.05, 0.1) is 23.0 Å². The lowest BCUT2D eigenvalue weighted by Crippen LogP contribution is -2.10. The summed E-state index contributed by atoms with van der Waals surface area (Å²) in [4.78, 5) is 4.53. The standard InChI is InChI=1S/C20H20ClN3OS/c1-3-14(2)25-19-10-9-15(11-17(19)21)12-22-24-20-23-18(13-26-20)16-7-5-4-6-8-16/h4-14H,3H2,1-2H3,(H,23,24). The van der Waals surface area contributed by atoms with Gasteiger partial charge in [0.25, 0.3) is 0 Å². The number of thiazole rings is 1. The minimum Gasteiger partial charge on any atom is -0.489 e. The van der Waals surface area contributed by atoms with Gasteiger partial charge in [-0.15, -0.1) is 11.3 Å². The monoisotopic (exact) mass is 385 g/mol. The Labute approximate surface area is 162 Å². The third kappa shape index (κ3) is 4.84. The fraction of sp³-hybridized carbons (Fsp3) is 0.200. The average Bonchev–Trinajstić information content (AvgIpc) is 3.13. The van der Waals surface area contributed by atoms with E-state index in [0.29, 0.717) is 10.8 Å². The molecular formula is C20H20ClN3OS. The van der Waals surface area contributed by atoms with Crippen LogP contribution in [-0.4, -0.2) is 17.3 Å². The van der Waals surface area contributed by atoms with Crippen LogP contribution in [0, 0.1) is 0 Å². The molecule has 0 fully saturated rings. The first-order chi connectivity index (χ1) is 12.7. The molecule has 1 N–H and O–H groups in total. The van der Waals surface area contributed by atoms with Crippen LogP contribution in [0.1, 0.15) is 25.8 Å². The lowest BCUT2D eigenvalue weighted by atomic mass is 10.2. The van der Waals surface area contributed by atoms with Crippen molar-refractivity contribution in [2.45, 2.75) is 26.4 Å². The van der Waals surface area contributed by atoms with Gasteiger partial charge >= 0.3 is 0 Å². The molecular weight excluding hydrogens is 366 g/mol. The van der Waals surface area contributed by atoms with Crippen LogP contribution in [0.15, 0.2) is 59.0 Å². The highest BCUT2D eigenvalue weighted by Gasteiger charge is 2.06. The number of anilines is 1. The molecule has 3 aromatic rings. The fourth-order valence-corrected chi connectivity index (χ4v) is 3.12. The van der Waals surface area contributed by atoms with Crippen molar-refractivity contribution in [3.63, 3.8) is 0 Å². The van der Waals surface area contributed by atoms with Crippen molar-refractivity contribution in [1.29, 1.82) is 0 Å². The van der Waals surface area contributed by atoms with Crippen molar-refractivity contribution in [2.75, 3.05) is 5.43 Å². The van der Waals surface area contributed by atoms with Gasteiger partial charge in [-0.2, -0.15) is 5.10 Å². The normalized spacial score (nSPS) is 12.3. The summed E-state index contributed by atoms with van der Waals surface area (Å²) in [5, 5.41) is 7.56. The number of aromatic nitrogens is 1. The fourth-order valence-electron chi connectivity index (χ4n) is 2.22. The number of rotatable bonds is 7. The summed E-state index contributed by atoms with van der Waals surface area (Å²) in [6.45, 7) is 4.10. The van der Waals surface area contributed by atoms with Gasteiger partial charge in [0, 0.05) is 10.9 Å². The number of benzene rings is 2. The van der Waals surface area contributed by atoms with Crippen LogP contribution in [0.5, 0.6) is 5.75 Å². The topological polar surface area (TPSA) is 46.5 Å². The Morgan fingerprint density at radius 3 is 2.81 bits per heavy atom. The summed E-state index contributed by atoms with van der Waals surface area (Å²) < 4.78 is 5.77. The van der Waals surface area contributed by atoms with E-state index in [1.165, 1.54) is 11.3 Å². The average molecular weight is 386 g/mol. The smallest absolute Gasteiger partial charge is 0.203 e. The zero-order valence-electron chi connectivity index (χ0n) is 14.6. The second kappa shape index (κ2) is 8.83. The Kier molecular flexibility index (Phi) is 6.26. The third-order valence-electron chi connectivity index (χ3n) is 3.81. The van der Waals surface area contributed by atoms with Crippen molar-refractivity contribution in [2.24, 2.45) is 5.10 Å². The number of hydrogen-bond acceptors (Lipinski definition) is 5. The molecule has 0 bridgehead atoms. The predicted molar refractivity (Wildman–Crippen MR) is 111 cm³/mol. The zero-order chi connectivity index (χ0) is 18.4. The quantitative estimate of drug-likeness (QED) is 0.395. The minimum absolute atomic E-state index is 0.136. The Morgan fingerprint density at radius 2 is 2.08 bits per heavy atom. The highest BCUT2D eigenvalue weighted by atomic mass is 35.5. The van der Waals surface area contributed by atoms with Crippen LogP contribution in [0.2, 0.25) is 5.02 Å². The van der Waals surface area contributed by atoms with Gasteiger partial charge in [-0.05, 0) is 37.1 Å². The molecule has 0 amide bonds. The first-order valence-corrected chi connectivity index (χ1v) is 9.67. The first-order valence-electron chi connectivity index (χ1n) is 8.42. The molecule has 6 heteroatoms. The minimum atomic E-state index is 0.136. The lowest BCUT2D eigenvalue weighted by Gasteiger charge is -2.13. The second-order valence-corrected chi connectivity index (χ2v) is 7.07. The number of nitrogens with zero attached hydrogens (tertiary/aromatic N) is 2. The molecule has 0 radical (unpaired) electrons. The van der Waals surface area contributed by atoms with Gasteiger partial charge in [-0.1, -0.05) is 48.9 Å². The van der Waals surface area contributed by atoms with E-state index < -0.39 is 0 Å². The van der Waals surface area contributed by atoms with Gasteiger partial charge in [0.2, 0.25) is 5.13 Å². The number of halogens is 1. The lowest BCUT2D eigenvalue weighted by molar-refractivity contribution is 0.217. The van der Waals surface area contributed by atoms with Gasteiger partial charge < -0.3 is 4.74 Å². The van der Waals surface area contributed by atoms with Crippen molar-refractivity contribution >= 4 is 34.3 Å². The predicted octanol–water partition coefficient (Wildman–Crippen LogP) is 6.09. The van der Waals surface area contributed by atoms with E-state index in [0.717, 1.165) is 28.4 Å². The van der Waals surface area contributed by atoms with E-state index in [4.69, 9.17) is 16.3 Å². The van der Waals surface area contributed by atoms with Gasteiger partial charge in [-0.3, -0.25) is 5.43 Å². The summed E-state index contributed by atoms with van der Waals surface area (Å²) in [5.41, 5.74) is 5.87. The number of nitrogens with one attached hydrogen (secondary N) is 1. The molecule has 0 aliphatic heterocycles. The van der Waals surface area contributed by atoms with Crippen LogP contribution < -0.4 is 10.2 Å². The summed E-state index contributed by atoms with van der Waals surface area (Å²) in [7, 11) is 0. The molecule has 1 atom stereocenters. The van der Waals surface area contributed by atoms with Crippen molar-refractivity contribution in [3.8, 4) is 17.0 Å². The molecule has 0 spiro atoms. The third-order valence-corrected chi connectivity index (χ3v) is 4.85. The van der Waals surface area contributed by atoms with E-state index in [1.54, 1.807) is 6.21 Å². The largest absolute Gasteiger partial charge is 0.489 e. The summed E-state index contributed by atoms with van der Waals surface area (Å²) >= 11 is 7.79. The molecule has 1 heterocycles. The van der Waals surface area contributed by atoms with Crippen molar-refractivity contribution in [3.05, 3.63) is 64.5 Å². The van der Waals surface area contributed by atoms with Gasteiger partial charge in [-0.25, -0.2) is 4.98 Å². The Morgan fingerprint density at radius 1 is 1.27 bits per heavy atom. The number of hydrazone groups is 1. The van der Waals surface area contributed by atoms with Crippen LogP contribution in [0.25, 0.3) is 11.3 Å². The van der Waals surface area contributed by atoms with E-state index in [2.05, 4.69) is 22.4 Å². The molecule has 1 aromatic heterocycles. The van der Waals surface area contributed by atoms with Crippen molar-refractivity contribution in [1.82, 2.24) is 4.98 Å². The molecule has 2 aromatic carbocycles. The maximum absolute atomic E-state index is 6.28. The molecule has 0 aliphatic rings. The molecule has 26 heavy (non-hydrogen) atoms. The van der Waals surface area contributed by atoms with E-state index in [1.807, 2.05) is 60.8 Å². The van der Waals surface area contributed by atoms with Crippen LogP contribution >= 0.6 is 22.9 Å². The number of hydrogen-bond donors (Lipinski definition) is 1. The molecule has 1 unspecified atom stereocenters. The SMILES string of the molecule is CCC(C)Oc1ccc(C=NNc2nc(-c3ccccc3)cs2)cc1Cl. The van der Waals surface area contributed by atoms with E-state index >= 15 is 0 Å². The second-order valence-electron chi connectivity index (χ2n) is 5.80. The Bertz CT molecular complexity index is 880. The van der Waals surface area contributed by atoms with E-state index in [-0.39, 0.29) is 6.10 Å². The van der Waals surface area contributed by atoms with E-state index in [9.17, 15) is 0 Å². The van der Waals surface area contributed by atoms with Gasteiger partial charge in [0.1, 0.15) is 5.75 Å². The summed E-state index contributed by atoms with van der Waals surface area (Å²) in [5.74, 6) is 0.693. The van der Waals surface area contributed by atoms with Crippen molar-refractivity contribution < 1.29 is 4.74 Å². The molecule has 0 saturated heterocycles. The Hall–Kier alpha value is -2.37. The molecule has 0 saturated carbocycles. The molecule has 134 valence electrons. The highest BCUT2D eigenvalue weighted by molar-refractivity contribution is 7.14. The highest BCUT2D eigenvalue weighted by Crippen LogP contribution is 2.27. The molecule has 0 aliphatic carbocycles.